The lowest BCUT2D eigenvalue weighted by Crippen LogP contribution is -2.05. The fourth-order valence-electron chi connectivity index (χ4n) is 1.69. The number of nitrogens with one attached hydrogen (secondary N) is 2. The Hall–Kier alpha value is -1.67. The molecule has 0 saturated heterocycles. The van der Waals surface area contributed by atoms with E-state index in [1.807, 2.05) is 24.3 Å². The van der Waals surface area contributed by atoms with Gasteiger partial charge in [-0.2, -0.15) is 0 Å². The topological polar surface area (TPSA) is 24.1 Å². The van der Waals surface area contributed by atoms with Gasteiger partial charge in [-0.25, -0.2) is 0 Å². The van der Waals surface area contributed by atoms with Crippen LogP contribution in [0.2, 0.25) is 0 Å². The summed E-state index contributed by atoms with van der Waals surface area (Å²) >= 11 is 0. The maximum Gasteiger partial charge on any atom is 0.0624 e. The second kappa shape index (κ2) is 3.83. The van der Waals surface area contributed by atoms with Crippen LogP contribution in [0.3, 0.4) is 0 Å². The van der Waals surface area contributed by atoms with Gasteiger partial charge in [-0.3, -0.25) is 0 Å². The van der Waals surface area contributed by atoms with Crippen molar-refractivity contribution in [2.45, 2.75) is 0 Å². The molecular weight excluding hydrogens is 208 g/mol. The van der Waals surface area contributed by atoms with Gasteiger partial charge in [-0.15, -0.1) is 12.4 Å². The summed E-state index contributed by atoms with van der Waals surface area (Å²) in [6, 6.07) is 16.4. The van der Waals surface area contributed by atoms with Gasteiger partial charge < -0.3 is 10.6 Å². The van der Waals surface area contributed by atoms with Crippen LogP contribution in [0.25, 0.3) is 0 Å². The first-order valence-electron chi connectivity index (χ1n) is 4.65. The molecule has 0 radical (unpaired) electrons. The second-order valence-electron chi connectivity index (χ2n) is 3.34. The Morgan fingerprint density at radius 2 is 0.800 bits per heavy atom. The maximum absolute atomic E-state index is 3.38. The largest absolute Gasteiger partial charge is 0.352 e. The predicted octanol–water partition coefficient (Wildman–Crippen LogP) is 3.91. The summed E-state index contributed by atoms with van der Waals surface area (Å²) in [7, 11) is 0. The highest BCUT2D eigenvalue weighted by Gasteiger charge is 2.11. The molecule has 15 heavy (non-hydrogen) atoms. The number of hydrogen-bond acceptors (Lipinski definition) is 2. The number of benzene rings is 2. The molecule has 2 N–H and O–H groups in total. The lowest BCUT2D eigenvalue weighted by atomic mass is 10.1. The van der Waals surface area contributed by atoms with Crippen LogP contribution in [0.4, 0.5) is 22.7 Å². The average Bonchev–Trinajstić information content (AvgIpc) is 2.26. The molecule has 1 heterocycles. The van der Waals surface area contributed by atoms with Crippen LogP contribution in [0.15, 0.2) is 48.5 Å². The molecule has 0 saturated carbocycles. The first kappa shape index (κ1) is 9.87. The third-order valence-electron chi connectivity index (χ3n) is 2.39. The van der Waals surface area contributed by atoms with E-state index in [1.165, 1.54) is 0 Å². The number of anilines is 4. The highest BCUT2D eigenvalue weighted by atomic mass is 35.5. The minimum Gasteiger partial charge on any atom is -0.352 e. The molecule has 0 amide bonds. The van der Waals surface area contributed by atoms with Crippen LogP contribution in [0.5, 0.6) is 0 Å². The van der Waals surface area contributed by atoms with Crippen LogP contribution in [0.1, 0.15) is 0 Å². The minimum absolute atomic E-state index is 0. The molecule has 2 aromatic rings. The summed E-state index contributed by atoms with van der Waals surface area (Å²) in [5, 5.41) is 6.76. The smallest absolute Gasteiger partial charge is 0.0624 e. The van der Waals surface area contributed by atoms with Gasteiger partial charge in [-0.05, 0) is 24.3 Å². The van der Waals surface area contributed by atoms with E-state index in [1.54, 1.807) is 0 Å². The van der Waals surface area contributed by atoms with Gasteiger partial charge >= 0.3 is 0 Å². The summed E-state index contributed by atoms with van der Waals surface area (Å²) in [4.78, 5) is 0. The van der Waals surface area contributed by atoms with Crippen LogP contribution < -0.4 is 10.6 Å². The molecular formula is C12H11ClN2. The average molecular weight is 219 g/mol. The van der Waals surface area contributed by atoms with E-state index < -0.39 is 0 Å². The van der Waals surface area contributed by atoms with Crippen LogP contribution in [-0.4, -0.2) is 0 Å². The normalized spacial score (nSPS) is 11.2. The predicted molar refractivity (Wildman–Crippen MR) is 66.7 cm³/mol. The number of hydrogen-bond donors (Lipinski definition) is 2. The van der Waals surface area contributed by atoms with E-state index in [0.717, 1.165) is 22.7 Å². The highest BCUT2D eigenvalue weighted by Crippen LogP contribution is 2.37. The van der Waals surface area contributed by atoms with Crippen molar-refractivity contribution in [1.29, 1.82) is 0 Å². The van der Waals surface area contributed by atoms with Gasteiger partial charge in [0, 0.05) is 0 Å². The van der Waals surface area contributed by atoms with E-state index in [9.17, 15) is 0 Å². The van der Waals surface area contributed by atoms with Crippen molar-refractivity contribution in [1.82, 2.24) is 0 Å². The Labute approximate surface area is 94.7 Å². The summed E-state index contributed by atoms with van der Waals surface area (Å²) < 4.78 is 0. The van der Waals surface area contributed by atoms with Crippen LogP contribution >= 0.6 is 12.4 Å². The van der Waals surface area contributed by atoms with E-state index >= 15 is 0 Å². The summed E-state index contributed by atoms with van der Waals surface area (Å²) in [6.07, 6.45) is 0. The monoisotopic (exact) mass is 218 g/mol. The molecule has 0 spiro atoms. The second-order valence-corrected chi connectivity index (χ2v) is 3.34. The van der Waals surface area contributed by atoms with Crippen molar-refractivity contribution in [3.63, 3.8) is 0 Å². The first-order valence-corrected chi connectivity index (χ1v) is 4.65. The van der Waals surface area contributed by atoms with E-state index in [4.69, 9.17) is 0 Å². The number of para-hydroxylation sites is 4. The fourth-order valence-corrected chi connectivity index (χ4v) is 1.69. The van der Waals surface area contributed by atoms with Gasteiger partial charge in [0.15, 0.2) is 0 Å². The van der Waals surface area contributed by atoms with Crippen molar-refractivity contribution in [2.24, 2.45) is 0 Å². The Bertz CT molecular complexity index is 395. The van der Waals surface area contributed by atoms with Gasteiger partial charge in [0.1, 0.15) is 0 Å². The molecule has 0 aliphatic carbocycles. The number of halogens is 1. The quantitative estimate of drug-likeness (QED) is 0.598. The Balaban J connectivity index is 0.000000853. The first-order chi connectivity index (χ1) is 6.93. The molecule has 76 valence electrons. The Morgan fingerprint density at radius 3 is 1.07 bits per heavy atom. The van der Waals surface area contributed by atoms with E-state index in [0.29, 0.717) is 0 Å². The maximum atomic E-state index is 3.38. The molecule has 0 atom stereocenters. The molecule has 1 aliphatic rings. The molecule has 0 aromatic heterocycles. The molecule has 3 heteroatoms. The molecule has 0 unspecified atom stereocenters. The standard InChI is InChI=1S/C12H10N2.ClH/c1-2-6-10-9(5-1)13-11-7-3-4-8-12(11)14-10;/h1-8,13-14H;1H. The zero-order valence-corrected chi connectivity index (χ0v) is 8.84. The molecule has 1 aliphatic heterocycles. The van der Waals surface area contributed by atoms with Crippen molar-refractivity contribution in [3.8, 4) is 0 Å². The summed E-state index contributed by atoms with van der Waals surface area (Å²) in [5.41, 5.74) is 4.52. The SMILES string of the molecule is Cl.c1ccc2c(c1)Nc1ccccc1N2. The Morgan fingerprint density at radius 1 is 0.533 bits per heavy atom. The van der Waals surface area contributed by atoms with Crippen LogP contribution in [-0.2, 0) is 0 Å². The third-order valence-corrected chi connectivity index (χ3v) is 2.39. The lowest BCUT2D eigenvalue weighted by molar-refractivity contribution is 1.45. The number of rotatable bonds is 0. The molecule has 2 nitrogen and oxygen atoms in total. The third kappa shape index (κ3) is 1.64. The van der Waals surface area contributed by atoms with Gasteiger partial charge in [0.2, 0.25) is 0 Å². The van der Waals surface area contributed by atoms with E-state index in [-0.39, 0.29) is 12.4 Å². The zero-order valence-electron chi connectivity index (χ0n) is 8.03. The number of fused-ring (bicyclic) bond motifs is 2. The van der Waals surface area contributed by atoms with Crippen LogP contribution in [0, 0.1) is 0 Å². The Kier molecular flexibility index (Phi) is 2.52. The molecule has 2 aromatic carbocycles. The molecule has 3 rings (SSSR count). The lowest BCUT2D eigenvalue weighted by Gasteiger charge is -2.22. The van der Waals surface area contributed by atoms with Crippen molar-refractivity contribution in [3.05, 3.63) is 48.5 Å². The fraction of sp³-hybridized carbons (Fsp3) is 0. The van der Waals surface area contributed by atoms with Gasteiger partial charge in [0.25, 0.3) is 0 Å². The molecule has 0 bridgehead atoms. The highest BCUT2D eigenvalue weighted by molar-refractivity contribution is 5.89. The van der Waals surface area contributed by atoms with E-state index in [2.05, 4.69) is 34.9 Å². The summed E-state index contributed by atoms with van der Waals surface area (Å²) in [6.45, 7) is 0. The van der Waals surface area contributed by atoms with Gasteiger partial charge in [-0.1, -0.05) is 24.3 Å². The van der Waals surface area contributed by atoms with Crippen molar-refractivity contribution >= 4 is 35.2 Å². The van der Waals surface area contributed by atoms with Gasteiger partial charge in [0.05, 0.1) is 22.7 Å². The van der Waals surface area contributed by atoms with Crippen molar-refractivity contribution < 1.29 is 0 Å². The zero-order chi connectivity index (χ0) is 9.38. The molecule has 0 fully saturated rings. The summed E-state index contributed by atoms with van der Waals surface area (Å²) in [5.74, 6) is 0. The van der Waals surface area contributed by atoms with Crippen molar-refractivity contribution in [2.75, 3.05) is 10.6 Å². The minimum atomic E-state index is 0.